The minimum absolute atomic E-state index is 0.0244. The van der Waals surface area contributed by atoms with E-state index in [1.807, 2.05) is 25.1 Å². The Kier molecular flexibility index (Phi) is 3.62. The van der Waals surface area contributed by atoms with Crippen molar-refractivity contribution >= 4 is 27.6 Å². The lowest BCUT2D eigenvalue weighted by atomic mass is 10.0. The van der Waals surface area contributed by atoms with Crippen molar-refractivity contribution in [1.29, 1.82) is 0 Å². The molecule has 1 aromatic rings. The van der Waals surface area contributed by atoms with Gasteiger partial charge in [-0.25, -0.2) is 0 Å². The summed E-state index contributed by atoms with van der Waals surface area (Å²) >= 11 is 3.42. The number of piperidine rings is 1. The smallest absolute Gasteiger partial charge is 0.254 e. The van der Waals surface area contributed by atoms with Crippen LogP contribution < -0.4 is 0 Å². The molecule has 1 fully saturated rings. The first-order valence-electron chi connectivity index (χ1n) is 5.65. The fourth-order valence-corrected chi connectivity index (χ4v) is 2.33. The van der Waals surface area contributed by atoms with Gasteiger partial charge in [0.2, 0.25) is 0 Å². The van der Waals surface area contributed by atoms with Crippen molar-refractivity contribution in [2.24, 2.45) is 0 Å². The summed E-state index contributed by atoms with van der Waals surface area (Å²) in [6, 6.07) is 5.62. The normalized spacial score (nSPS) is 16.1. The maximum atomic E-state index is 12.3. The summed E-state index contributed by atoms with van der Waals surface area (Å²) < 4.78 is 0.941. The number of benzene rings is 1. The fraction of sp³-hybridized carbons (Fsp3) is 0.385. The van der Waals surface area contributed by atoms with E-state index in [2.05, 4.69) is 15.9 Å². The van der Waals surface area contributed by atoms with Crippen molar-refractivity contribution in [3.63, 3.8) is 0 Å². The predicted molar refractivity (Wildman–Crippen MR) is 69.0 cm³/mol. The van der Waals surface area contributed by atoms with Crippen molar-refractivity contribution < 1.29 is 9.59 Å². The number of rotatable bonds is 1. The molecule has 1 aliphatic rings. The zero-order valence-electron chi connectivity index (χ0n) is 9.70. The van der Waals surface area contributed by atoms with Crippen LogP contribution in [0.4, 0.5) is 0 Å². The largest absolute Gasteiger partial charge is 0.338 e. The van der Waals surface area contributed by atoms with Gasteiger partial charge >= 0.3 is 0 Å². The van der Waals surface area contributed by atoms with Crippen LogP contribution in [0.5, 0.6) is 0 Å². The molecule has 2 rings (SSSR count). The highest BCUT2D eigenvalue weighted by molar-refractivity contribution is 9.10. The molecule has 0 unspecified atom stereocenters. The Morgan fingerprint density at radius 3 is 2.59 bits per heavy atom. The average molecular weight is 296 g/mol. The predicted octanol–water partition coefficient (Wildman–Crippen LogP) is 2.56. The van der Waals surface area contributed by atoms with E-state index in [1.165, 1.54) is 0 Å². The number of likely N-dealkylation sites (tertiary alicyclic amines) is 1. The molecule has 0 aliphatic carbocycles. The number of hydrogen-bond acceptors (Lipinski definition) is 2. The maximum absolute atomic E-state index is 12.3. The Balaban J connectivity index is 2.20. The number of ketones is 1. The number of halogens is 1. The lowest BCUT2D eigenvalue weighted by Gasteiger charge is -2.26. The molecule has 1 amide bonds. The molecule has 0 atom stereocenters. The third-order valence-corrected chi connectivity index (χ3v) is 3.97. The third-order valence-electron chi connectivity index (χ3n) is 3.11. The van der Waals surface area contributed by atoms with Crippen LogP contribution in [0.15, 0.2) is 22.7 Å². The van der Waals surface area contributed by atoms with Gasteiger partial charge in [0.05, 0.1) is 0 Å². The second-order valence-corrected chi connectivity index (χ2v) is 5.10. The summed E-state index contributed by atoms with van der Waals surface area (Å²) in [7, 11) is 0. The summed E-state index contributed by atoms with van der Waals surface area (Å²) in [6.07, 6.45) is 0.970. The van der Waals surface area contributed by atoms with Crippen LogP contribution in [0.25, 0.3) is 0 Å². The van der Waals surface area contributed by atoms with Gasteiger partial charge in [0.1, 0.15) is 5.78 Å². The highest BCUT2D eigenvalue weighted by Gasteiger charge is 2.23. The van der Waals surface area contributed by atoms with E-state index in [4.69, 9.17) is 0 Å². The first kappa shape index (κ1) is 12.3. The van der Waals surface area contributed by atoms with Gasteiger partial charge in [-0.1, -0.05) is 22.0 Å². The summed E-state index contributed by atoms with van der Waals surface area (Å²) in [5.74, 6) is 0.274. The topological polar surface area (TPSA) is 37.4 Å². The first-order chi connectivity index (χ1) is 8.09. The Morgan fingerprint density at radius 1 is 1.29 bits per heavy atom. The van der Waals surface area contributed by atoms with Gasteiger partial charge in [-0.2, -0.15) is 0 Å². The molecule has 0 N–H and O–H groups in total. The minimum Gasteiger partial charge on any atom is -0.338 e. The van der Waals surface area contributed by atoms with Gasteiger partial charge in [0, 0.05) is 36.0 Å². The molecule has 0 bridgehead atoms. The minimum atomic E-state index is 0.0244. The van der Waals surface area contributed by atoms with Gasteiger partial charge in [-0.15, -0.1) is 0 Å². The zero-order chi connectivity index (χ0) is 12.4. The van der Waals surface area contributed by atoms with E-state index in [1.54, 1.807) is 4.90 Å². The van der Waals surface area contributed by atoms with Crippen LogP contribution in [-0.2, 0) is 4.79 Å². The van der Waals surface area contributed by atoms with Gasteiger partial charge in [-0.05, 0) is 24.6 Å². The van der Waals surface area contributed by atoms with E-state index in [0.29, 0.717) is 31.5 Å². The molecule has 1 aromatic carbocycles. The number of nitrogens with zero attached hydrogens (tertiary/aromatic N) is 1. The first-order valence-corrected chi connectivity index (χ1v) is 6.45. The number of carbonyl (C=O) groups excluding carboxylic acids is 2. The summed E-state index contributed by atoms with van der Waals surface area (Å²) in [4.78, 5) is 25.2. The van der Waals surface area contributed by atoms with Crippen LogP contribution in [0, 0.1) is 6.92 Å². The molecule has 0 radical (unpaired) electrons. The van der Waals surface area contributed by atoms with Crippen molar-refractivity contribution in [1.82, 2.24) is 4.90 Å². The Labute approximate surface area is 109 Å². The molecule has 4 heteroatoms. The van der Waals surface area contributed by atoms with Crippen molar-refractivity contribution in [2.45, 2.75) is 19.8 Å². The van der Waals surface area contributed by atoms with E-state index < -0.39 is 0 Å². The molecular weight excluding hydrogens is 282 g/mol. The van der Waals surface area contributed by atoms with E-state index >= 15 is 0 Å². The lowest BCUT2D eigenvalue weighted by molar-refractivity contribution is -0.120. The van der Waals surface area contributed by atoms with E-state index in [0.717, 1.165) is 10.0 Å². The molecule has 0 saturated carbocycles. The molecule has 1 saturated heterocycles. The molecule has 1 heterocycles. The summed E-state index contributed by atoms with van der Waals surface area (Å²) in [5, 5.41) is 0. The van der Waals surface area contributed by atoms with Crippen molar-refractivity contribution in [3.8, 4) is 0 Å². The van der Waals surface area contributed by atoms with Crippen LogP contribution in [0.1, 0.15) is 28.8 Å². The number of amides is 1. The zero-order valence-corrected chi connectivity index (χ0v) is 11.3. The molecule has 3 nitrogen and oxygen atoms in total. The van der Waals surface area contributed by atoms with Crippen LogP contribution in [0.2, 0.25) is 0 Å². The van der Waals surface area contributed by atoms with Crippen LogP contribution in [-0.4, -0.2) is 29.7 Å². The van der Waals surface area contributed by atoms with E-state index in [9.17, 15) is 9.59 Å². The number of hydrogen-bond donors (Lipinski definition) is 0. The van der Waals surface area contributed by atoms with E-state index in [-0.39, 0.29) is 11.7 Å². The summed E-state index contributed by atoms with van der Waals surface area (Å²) in [6.45, 7) is 3.01. The molecule has 1 aliphatic heterocycles. The van der Waals surface area contributed by atoms with Gasteiger partial charge in [0.15, 0.2) is 0 Å². The summed E-state index contributed by atoms with van der Waals surface area (Å²) in [5.41, 5.74) is 1.67. The molecular formula is C13H14BrNO2. The highest BCUT2D eigenvalue weighted by Crippen LogP contribution is 2.21. The Bertz CT molecular complexity index is 460. The third kappa shape index (κ3) is 2.57. The second kappa shape index (κ2) is 5.00. The lowest BCUT2D eigenvalue weighted by Crippen LogP contribution is -2.38. The van der Waals surface area contributed by atoms with Gasteiger partial charge in [0.25, 0.3) is 5.91 Å². The monoisotopic (exact) mass is 295 g/mol. The molecule has 0 aromatic heterocycles. The number of Topliss-reactive ketones (excluding diaryl/α,β-unsaturated/α-hetero) is 1. The van der Waals surface area contributed by atoms with Crippen molar-refractivity contribution in [2.75, 3.05) is 13.1 Å². The SMILES string of the molecule is Cc1c(Br)cccc1C(=O)N1CCC(=O)CC1. The van der Waals surface area contributed by atoms with Gasteiger partial charge in [-0.3, -0.25) is 9.59 Å². The highest BCUT2D eigenvalue weighted by atomic mass is 79.9. The fourth-order valence-electron chi connectivity index (χ4n) is 1.97. The molecule has 17 heavy (non-hydrogen) atoms. The van der Waals surface area contributed by atoms with Crippen molar-refractivity contribution in [3.05, 3.63) is 33.8 Å². The quantitative estimate of drug-likeness (QED) is 0.798. The van der Waals surface area contributed by atoms with Crippen LogP contribution >= 0.6 is 15.9 Å². The standard InChI is InChI=1S/C13H14BrNO2/c1-9-11(3-2-4-12(9)14)13(17)15-7-5-10(16)6-8-15/h2-4H,5-8H2,1H3. The second-order valence-electron chi connectivity index (χ2n) is 4.24. The maximum Gasteiger partial charge on any atom is 0.254 e. The Morgan fingerprint density at radius 2 is 1.94 bits per heavy atom. The van der Waals surface area contributed by atoms with Gasteiger partial charge < -0.3 is 4.90 Å². The van der Waals surface area contributed by atoms with Crippen LogP contribution in [0.3, 0.4) is 0 Å². The Hall–Kier alpha value is -1.16. The molecule has 90 valence electrons. The average Bonchev–Trinajstić information content (AvgIpc) is 2.33. The number of carbonyl (C=O) groups is 2. The molecule has 0 spiro atoms.